The highest BCUT2D eigenvalue weighted by atomic mass is 16.5. The highest BCUT2D eigenvalue weighted by Gasteiger charge is 2.13. The third kappa shape index (κ3) is 5.59. The van der Waals surface area contributed by atoms with Gasteiger partial charge in [-0.1, -0.05) is 12.1 Å². The number of amides is 1. The Morgan fingerprint density at radius 3 is 2.65 bits per heavy atom. The summed E-state index contributed by atoms with van der Waals surface area (Å²) in [6.45, 7) is 4.09. The molecule has 1 unspecified atom stereocenters. The van der Waals surface area contributed by atoms with Gasteiger partial charge in [-0.2, -0.15) is 0 Å². The quantitative estimate of drug-likeness (QED) is 0.679. The maximum absolute atomic E-state index is 12.0. The summed E-state index contributed by atoms with van der Waals surface area (Å²) in [5.41, 5.74) is 0.676. The number of carbonyl (C=O) groups excluding carboxylic acids is 1. The Bertz CT molecular complexity index is 423. The first-order chi connectivity index (χ1) is 9.56. The van der Waals surface area contributed by atoms with Crippen LogP contribution in [0.1, 0.15) is 26.7 Å². The maximum Gasteiger partial charge on any atom is 0.226 e. The molecule has 5 nitrogen and oxygen atoms in total. The number of benzene rings is 1. The van der Waals surface area contributed by atoms with Crippen molar-refractivity contribution in [1.29, 1.82) is 0 Å². The lowest BCUT2D eigenvalue weighted by molar-refractivity contribution is -0.116. The number of nitrogens with one attached hydrogen (secondary N) is 2. The summed E-state index contributed by atoms with van der Waals surface area (Å²) in [6.07, 6.45) is 1.05. The molecule has 0 radical (unpaired) electrons. The molecule has 1 rings (SSSR count). The fourth-order valence-corrected chi connectivity index (χ4v) is 2.05. The van der Waals surface area contributed by atoms with Crippen molar-refractivity contribution in [1.82, 2.24) is 5.32 Å². The molecule has 0 aliphatic heterocycles. The third-order valence-corrected chi connectivity index (χ3v) is 3.00. The van der Waals surface area contributed by atoms with Gasteiger partial charge in [-0.25, -0.2) is 0 Å². The Hall–Kier alpha value is -1.59. The number of ether oxygens (including phenoxy) is 1. The molecule has 0 saturated heterocycles. The molecule has 2 atom stereocenters. The number of carbonyl (C=O) groups is 1. The molecule has 20 heavy (non-hydrogen) atoms. The number of hydrogen-bond donors (Lipinski definition) is 3. The molecule has 3 N–H and O–H groups in total. The summed E-state index contributed by atoms with van der Waals surface area (Å²) in [4.78, 5) is 12.0. The molecule has 0 fully saturated rings. The van der Waals surface area contributed by atoms with Gasteiger partial charge in [-0.15, -0.1) is 0 Å². The van der Waals surface area contributed by atoms with E-state index in [4.69, 9.17) is 9.84 Å². The first kappa shape index (κ1) is 16.5. The lowest BCUT2D eigenvalue weighted by Gasteiger charge is -2.19. The van der Waals surface area contributed by atoms with Crippen molar-refractivity contribution in [3.05, 3.63) is 24.3 Å². The zero-order valence-corrected chi connectivity index (χ0v) is 12.3. The van der Waals surface area contributed by atoms with Crippen LogP contribution in [0.25, 0.3) is 0 Å². The summed E-state index contributed by atoms with van der Waals surface area (Å²) in [5, 5.41) is 15.0. The average Bonchev–Trinajstić information content (AvgIpc) is 2.39. The van der Waals surface area contributed by atoms with Gasteiger partial charge in [0, 0.05) is 25.1 Å². The zero-order valence-electron chi connectivity index (χ0n) is 12.3. The third-order valence-electron chi connectivity index (χ3n) is 3.00. The van der Waals surface area contributed by atoms with E-state index in [2.05, 4.69) is 10.6 Å². The number of para-hydroxylation sites is 2. The average molecular weight is 280 g/mol. The molecule has 1 aromatic rings. The molecule has 1 aromatic carbocycles. The molecule has 0 heterocycles. The van der Waals surface area contributed by atoms with Crippen LogP contribution >= 0.6 is 0 Å². The second-order valence-corrected chi connectivity index (χ2v) is 4.93. The van der Waals surface area contributed by atoms with E-state index in [0.717, 1.165) is 0 Å². The van der Waals surface area contributed by atoms with Crippen molar-refractivity contribution in [2.24, 2.45) is 0 Å². The van der Waals surface area contributed by atoms with Crippen molar-refractivity contribution >= 4 is 11.6 Å². The van der Waals surface area contributed by atoms with Gasteiger partial charge in [0.1, 0.15) is 5.75 Å². The highest BCUT2D eigenvalue weighted by Crippen LogP contribution is 2.23. The Labute approximate surface area is 120 Å². The van der Waals surface area contributed by atoms with Crippen molar-refractivity contribution in [3.8, 4) is 5.75 Å². The van der Waals surface area contributed by atoms with Crippen LogP contribution in [0.15, 0.2) is 24.3 Å². The fourth-order valence-electron chi connectivity index (χ4n) is 2.05. The Balaban J connectivity index is 2.47. The van der Waals surface area contributed by atoms with Crippen LogP contribution in [0.4, 0.5) is 5.69 Å². The molecule has 0 bridgehead atoms. The molecule has 0 aliphatic carbocycles. The van der Waals surface area contributed by atoms with Crippen LogP contribution in [-0.2, 0) is 4.79 Å². The van der Waals surface area contributed by atoms with Gasteiger partial charge in [0.25, 0.3) is 0 Å². The van der Waals surface area contributed by atoms with Crippen LogP contribution in [0.5, 0.6) is 5.75 Å². The predicted molar refractivity (Wildman–Crippen MR) is 80.0 cm³/mol. The first-order valence-corrected chi connectivity index (χ1v) is 6.86. The summed E-state index contributed by atoms with van der Waals surface area (Å²) in [6, 6.07) is 7.56. The van der Waals surface area contributed by atoms with Crippen molar-refractivity contribution in [2.45, 2.75) is 38.8 Å². The van der Waals surface area contributed by atoms with Gasteiger partial charge in [0.05, 0.1) is 12.8 Å². The monoisotopic (exact) mass is 280 g/mol. The minimum absolute atomic E-state index is 0.0475. The second kappa shape index (κ2) is 8.55. The fraction of sp³-hybridized carbons (Fsp3) is 0.533. The molecule has 0 aliphatic rings. The van der Waals surface area contributed by atoms with E-state index >= 15 is 0 Å². The molecule has 5 heteroatoms. The summed E-state index contributed by atoms with van der Waals surface area (Å²) in [7, 11) is 1.58. The Kier molecular flexibility index (Phi) is 7.04. The minimum Gasteiger partial charge on any atom is -0.495 e. The highest BCUT2D eigenvalue weighted by molar-refractivity contribution is 5.92. The van der Waals surface area contributed by atoms with E-state index in [9.17, 15) is 4.79 Å². The predicted octanol–water partition coefficient (Wildman–Crippen LogP) is 1.77. The number of hydrogen-bond acceptors (Lipinski definition) is 4. The molecule has 0 saturated carbocycles. The molecule has 112 valence electrons. The van der Waals surface area contributed by atoms with Gasteiger partial charge < -0.3 is 20.5 Å². The number of methoxy groups -OCH3 is 1. The lowest BCUT2D eigenvalue weighted by Crippen LogP contribution is -2.37. The van der Waals surface area contributed by atoms with E-state index in [0.29, 0.717) is 24.3 Å². The zero-order chi connectivity index (χ0) is 15.0. The molecule has 0 spiro atoms. The second-order valence-electron chi connectivity index (χ2n) is 4.93. The summed E-state index contributed by atoms with van der Waals surface area (Å²) >= 11 is 0. The Morgan fingerprint density at radius 2 is 2.00 bits per heavy atom. The van der Waals surface area contributed by atoms with E-state index in [1.54, 1.807) is 13.2 Å². The van der Waals surface area contributed by atoms with Gasteiger partial charge in [0.15, 0.2) is 0 Å². The number of aliphatic hydroxyl groups excluding tert-OH is 1. The van der Waals surface area contributed by atoms with Gasteiger partial charge in [0.2, 0.25) is 5.91 Å². The van der Waals surface area contributed by atoms with Crippen molar-refractivity contribution < 1.29 is 14.6 Å². The van der Waals surface area contributed by atoms with Crippen LogP contribution in [0.3, 0.4) is 0 Å². The van der Waals surface area contributed by atoms with Crippen molar-refractivity contribution in [3.63, 3.8) is 0 Å². The SMILES string of the molecule is COc1ccccc1NC(=O)CC(C)N[C@H](C)CCO. The van der Waals surface area contributed by atoms with Gasteiger partial charge in [-0.3, -0.25) is 4.79 Å². The molecule has 1 amide bonds. The molecular weight excluding hydrogens is 256 g/mol. The normalized spacial score (nSPS) is 13.6. The van der Waals surface area contributed by atoms with Crippen molar-refractivity contribution in [2.75, 3.05) is 19.0 Å². The van der Waals surface area contributed by atoms with E-state index < -0.39 is 0 Å². The smallest absolute Gasteiger partial charge is 0.226 e. The number of anilines is 1. The molecular formula is C15H24N2O3. The first-order valence-electron chi connectivity index (χ1n) is 6.86. The van der Waals surface area contributed by atoms with Gasteiger partial charge in [-0.05, 0) is 32.4 Å². The molecule has 0 aromatic heterocycles. The topological polar surface area (TPSA) is 70.6 Å². The number of rotatable bonds is 8. The van der Waals surface area contributed by atoms with Crippen LogP contribution < -0.4 is 15.4 Å². The largest absolute Gasteiger partial charge is 0.495 e. The van der Waals surface area contributed by atoms with Gasteiger partial charge >= 0.3 is 0 Å². The number of aliphatic hydroxyl groups is 1. The maximum atomic E-state index is 12.0. The summed E-state index contributed by atoms with van der Waals surface area (Å²) in [5.74, 6) is 0.584. The minimum atomic E-state index is -0.0642. The summed E-state index contributed by atoms with van der Waals surface area (Å²) < 4.78 is 5.19. The van der Waals surface area contributed by atoms with Crippen LogP contribution in [0.2, 0.25) is 0 Å². The lowest BCUT2D eigenvalue weighted by atomic mass is 10.1. The van der Waals surface area contributed by atoms with Crippen LogP contribution in [0, 0.1) is 0 Å². The van der Waals surface area contributed by atoms with E-state index in [1.807, 2.05) is 32.0 Å². The standard InChI is InChI=1S/C15H24N2O3/c1-11(8-9-18)16-12(2)10-15(19)17-13-6-4-5-7-14(13)20-3/h4-7,11-12,16,18H,8-10H2,1-3H3,(H,17,19)/t11-,12?/m1/s1. The van der Waals surface area contributed by atoms with E-state index in [-0.39, 0.29) is 24.6 Å². The van der Waals surface area contributed by atoms with Crippen LogP contribution in [-0.4, -0.2) is 36.8 Å². The Morgan fingerprint density at radius 1 is 1.30 bits per heavy atom. The van der Waals surface area contributed by atoms with E-state index in [1.165, 1.54) is 0 Å².